The molecule has 2 aromatic heterocycles. The van der Waals surface area contributed by atoms with E-state index in [1.165, 1.54) is 0 Å². The Bertz CT molecular complexity index is 1010. The van der Waals surface area contributed by atoms with Crippen molar-refractivity contribution in [3.63, 3.8) is 0 Å². The van der Waals surface area contributed by atoms with Crippen molar-refractivity contribution in [1.29, 1.82) is 0 Å². The van der Waals surface area contributed by atoms with Crippen LogP contribution in [0, 0.1) is 0 Å². The highest BCUT2D eigenvalue weighted by Crippen LogP contribution is 2.31. The minimum absolute atomic E-state index is 0.00552. The minimum atomic E-state index is -0.0697. The van der Waals surface area contributed by atoms with E-state index in [9.17, 15) is 4.79 Å². The van der Waals surface area contributed by atoms with Gasteiger partial charge in [0.25, 0.3) is 5.91 Å². The van der Waals surface area contributed by atoms with E-state index in [2.05, 4.69) is 9.97 Å². The Morgan fingerprint density at radius 3 is 2.83 bits per heavy atom. The molecule has 0 bridgehead atoms. The average molecular weight is 403 g/mol. The number of rotatable bonds is 6. The molecule has 1 aliphatic rings. The van der Waals surface area contributed by atoms with Gasteiger partial charge in [0.1, 0.15) is 11.4 Å². The van der Waals surface area contributed by atoms with Crippen LogP contribution < -0.4 is 9.64 Å². The fraction of sp³-hybridized carbons (Fsp3) is 0.304. The summed E-state index contributed by atoms with van der Waals surface area (Å²) < 4.78 is 5.79. The lowest BCUT2D eigenvalue weighted by Gasteiger charge is -2.24. The molecule has 3 heterocycles. The van der Waals surface area contributed by atoms with E-state index >= 15 is 0 Å². The molecule has 0 N–H and O–H groups in total. The Morgan fingerprint density at radius 1 is 1.13 bits per heavy atom. The summed E-state index contributed by atoms with van der Waals surface area (Å²) in [4.78, 5) is 30.1. The molecular formula is C23H25N5O2. The lowest BCUT2D eigenvalue weighted by atomic mass is 10.1. The highest BCUT2D eigenvalue weighted by Gasteiger charge is 2.31. The van der Waals surface area contributed by atoms with Crippen LogP contribution in [0.15, 0.2) is 60.9 Å². The molecule has 0 aliphatic carbocycles. The van der Waals surface area contributed by atoms with Gasteiger partial charge in [-0.3, -0.25) is 9.78 Å². The molecule has 0 saturated carbocycles. The van der Waals surface area contributed by atoms with Gasteiger partial charge in [-0.1, -0.05) is 12.1 Å². The summed E-state index contributed by atoms with van der Waals surface area (Å²) in [5.41, 5.74) is 2.59. The normalized spacial score (nSPS) is 15.8. The third-order valence-corrected chi connectivity index (χ3v) is 5.18. The number of amides is 1. The summed E-state index contributed by atoms with van der Waals surface area (Å²) in [6.45, 7) is 0.707. The first kappa shape index (κ1) is 19.8. The Hall–Kier alpha value is -3.48. The molecule has 1 unspecified atom stereocenters. The monoisotopic (exact) mass is 403 g/mol. The molecule has 1 saturated heterocycles. The molecular weight excluding hydrogens is 378 g/mol. The molecule has 3 aromatic rings. The van der Waals surface area contributed by atoms with Crippen molar-refractivity contribution in [3.8, 4) is 17.3 Å². The maximum Gasteiger partial charge on any atom is 0.261 e. The SMILES string of the molecule is CN(C)c1cccc(OCC(=O)N2CCCC2c2ccnc(-c3ccccn3)n2)c1. The summed E-state index contributed by atoms with van der Waals surface area (Å²) in [5.74, 6) is 1.22. The number of nitrogens with zero attached hydrogens (tertiary/aromatic N) is 5. The van der Waals surface area contributed by atoms with Gasteiger partial charge in [-0.05, 0) is 43.2 Å². The van der Waals surface area contributed by atoms with Crippen molar-refractivity contribution < 1.29 is 9.53 Å². The van der Waals surface area contributed by atoms with Gasteiger partial charge in [0.05, 0.1) is 11.7 Å². The third kappa shape index (κ3) is 4.40. The topological polar surface area (TPSA) is 71.5 Å². The van der Waals surface area contributed by atoms with E-state index in [1.807, 2.05) is 72.4 Å². The summed E-state index contributed by atoms with van der Waals surface area (Å²) in [6.07, 6.45) is 5.27. The van der Waals surface area contributed by atoms with Gasteiger partial charge in [0, 0.05) is 44.8 Å². The Kier molecular flexibility index (Phi) is 5.88. The van der Waals surface area contributed by atoms with Crippen LogP contribution in [0.2, 0.25) is 0 Å². The van der Waals surface area contributed by atoms with Gasteiger partial charge in [-0.15, -0.1) is 0 Å². The number of hydrogen-bond donors (Lipinski definition) is 0. The quantitative estimate of drug-likeness (QED) is 0.629. The van der Waals surface area contributed by atoms with Crippen LogP contribution in [0.4, 0.5) is 5.69 Å². The smallest absolute Gasteiger partial charge is 0.261 e. The fourth-order valence-corrected chi connectivity index (χ4v) is 3.63. The standard InChI is InChI=1S/C23H25N5O2/c1-27(2)17-7-5-8-18(15-17)30-16-22(29)28-14-6-10-21(28)19-11-13-25-23(26-19)20-9-3-4-12-24-20/h3-5,7-9,11-13,15,21H,6,10,14,16H2,1-2H3. The number of anilines is 1. The Balaban J connectivity index is 1.46. The Morgan fingerprint density at radius 2 is 2.03 bits per heavy atom. The molecule has 30 heavy (non-hydrogen) atoms. The van der Waals surface area contributed by atoms with E-state index in [4.69, 9.17) is 9.72 Å². The van der Waals surface area contributed by atoms with Crippen LogP contribution in [-0.2, 0) is 4.79 Å². The molecule has 7 heteroatoms. The molecule has 1 atom stereocenters. The van der Waals surface area contributed by atoms with Gasteiger partial charge in [-0.25, -0.2) is 9.97 Å². The highest BCUT2D eigenvalue weighted by atomic mass is 16.5. The summed E-state index contributed by atoms with van der Waals surface area (Å²) >= 11 is 0. The second kappa shape index (κ2) is 8.90. The highest BCUT2D eigenvalue weighted by molar-refractivity contribution is 5.78. The molecule has 0 spiro atoms. The van der Waals surface area contributed by atoms with E-state index in [1.54, 1.807) is 12.4 Å². The van der Waals surface area contributed by atoms with Crippen LogP contribution in [0.25, 0.3) is 11.5 Å². The van der Waals surface area contributed by atoms with Crippen LogP contribution in [0.1, 0.15) is 24.6 Å². The molecule has 154 valence electrons. The van der Waals surface area contributed by atoms with Crippen LogP contribution in [-0.4, -0.2) is 53.0 Å². The maximum atomic E-state index is 12.9. The molecule has 1 amide bonds. The predicted octanol–water partition coefficient (Wildman–Crippen LogP) is 3.35. The largest absolute Gasteiger partial charge is 0.484 e. The van der Waals surface area contributed by atoms with Gasteiger partial charge in [0.2, 0.25) is 0 Å². The van der Waals surface area contributed by atoms with E-state index in [0.717, 1.165) is 29.9 Å². The van der Waals surface area contributed by atoms with Gasteiger partial charge >= 0.3 is 0 Å². The first-order valence-electron chi connectivity index (χ1n) is 10.1. The van der Waals surface area contributed by atoms with E-state index in [-0.39, 0.29) is 18.6 Å². The zero-order valence-corrected chi connectivity index (χ0v) is 17.2. The van der Waals surface area contributed by atoms with Crippen molar-refractivity contribution in [2.24, 2.45) is 0 Å². The molecule has 7 nitrogen and oxygen atoms in total. The number of carbonyl (C=O) groups excluding carboxylic acids is 1. The lowest BCUT2D eigenvalue weighted by Crippen LogP contribution is -2.34. The number of ether oxygens (including phenoxy) is 1. The zero-order valence-electron chi connectivity index (χ0n) is 17.2. The second-order valence-electron chi connectivity index (χ2n) is 7.45. The molecule has 4 rings (SSSR count). The van der Waals surface area contributed by atoms with E-state index in [0.29, 0.717) is 18.1 Å². The summed E-state index contributed by atoms with van der Waals surface area (Å²) in [7, 11) is 3.94. The van der Waals surface area contributed by atoms with Crippen LogP contribution in [0.3, 0.4) is 0 Å². The predicted molar refractivity (Wildman–Crippen MR) is 115 cm³/mol. The van der Waals surface area contributed by atoms with Crippen molar-refractivity contribution in [2.75, 3.05) is 32.1 Å². The molecule has 1 aliphatic heterocycles. The summed E-state index contributed by atoms with van der Waals surface area (Å²) in [5, 5.41) is 0. The number of likely N-dealkylation sites (tertiary alicyclic amines) is 1. The minimum Gasteiger partial charge on any atom is -0.484 e. The van der Waals surface area contributed by atoms with Crippen molar-refractivity contribution in [3.05, 3.63) is 66.6 Å². The van der Waals surface area contributed by atoms with Crippen LogP contribution in [0.5, 0.6) is 5.75 Å². The fourth-order valence-electron chi connectivity index (χ4n) is 3.63. The molecule has 0 radical (unpaired) electrons. The number of aromatic nitrogens is 3. The van der Waals surface area contributed by atoms with E-state index < -0.39 is 0 Å². The summed E-state index contributed by atoms with van der Waals surface area (Å²) in [6, 6.07) is 15.2. The first-order chi connectivity index (χ1) is 14.6. The van der Waals surface area contributed by atoms with Gasteiger partial charge < -0.3 is 14.5 Å². The zero-order chi connectivity index (χ0) is 20.9. The van der Waals surface area contributed by atoms with Crippen molar-refractivity contribution in [2.45, 2.75) is 18.9 Å². The molecule has 1 fully saturated rings. The van der Waals surface area contributed by atoms with Gasteiger partial charge in [0.15, 0.2) is 12.4 Å². The second-order valence-corrected chi connectivity index (χ2v) is 7.45. The molecule has 1 aromatic carbocycles. The van der Waals surface area contributed by atoms with Gasteiger partial charge in [-0.2, -0.15) is 0 Å². The first-order valence-corrected chi connectivity index (χ1v) is 10.1. The lowest BCUT2D eigenvalue weighted by molar-refractivity contribution is -0.134. The number of pyridine rings is 1. The number of benzene rings is 1. The third-order valence-electron chi connectivity index (χ3n) is 5.18. The van der Waals surface area contributed by atoms with Crippen molar-refractivity contribution >= 4 is 11.6 Å². The van der Waals surface area contributed by atoms with Crippen LogP contribution >= 0.6 is 0 Å². The number of hydrogen-bond acceptors (Lipinski definition) is 6. The Labute approximate surface area is 176 Å². The van der Waals surface area contributed by atoms with Crippen molar-refractivity contribution in [1.82, 2.24) is 19.9 Å². The maximum absolute atomic E-state index is 12.9. The number of carbonyl (C=O) groups is 1. The average Bonchev–Trinajstić information content (AvgIpc) is 3.28.